The van der Waals surface area contributed by atoms with Gasteiger partial charge in [-0.15, -0.1) is 0 Å². The van der Waals surface area contributed by atoms with Gasteiger partial charge in [0.05, 0.1) is 22.8 Å². The number of hydrogen-bond acceptors (Lipinski definition) is 4. The zero-order valence-electron chi connectivity index (χ0n) is 14.7. The van der Waals surface area contributed by atoms with Crippen molar-refractivity contribution in [1.29, 1.82) is 0 Å². The summed E-state index contributed by atoms with van der Waals surface area (Å²) in [6, 6.07) is 7.14. The van der Waals surface area contributed by atoms with Gasteiger partial charge in [0.1, 0.15) is 18.2 Å². The van der Waals surface area contributed by atoms with E-state index in [4.69, 9.17) is 4.74 Å². The van der Waals surface area contributed by atoms with E-state index < -0.39 is 15.8 Å². The second-order valence-corrected chi connectivity index (χ2v) is 7.82. The highest BCUT2D eigenvalue weighted by atomic mass is 32.2. The highest BCUT2D eigenvalue weighted by Gasteiger charge is 2.26. The Bertz CT molecular complexity index is 989. The van der Waals surface area contributed by atoms with Crippen LogP contribution in [0.3, 0.4) is 0 Å². The predicted molar refractivity (Wildman–Crippen MR) is 96.6 cm³/mol. The molecule has 1 aliphatic rings. The van der Waals surface area contributed by atoms with E-state index in [2.05, 4.69) is 4.72 Å². The number of benzene rings is 2. The number of nitrogens with one attached hydrogen (secondary N) is 1. The number of fused-ring (bicyclic) bond motifs is 1. The molecule has 0 atom stereocenters. The average molecular weight is 378 g/mol. The normalized spacial score (nSPS) is 13.8. The monoisotopic (exact) mass is 378 g/mol. The summed E-state index contributed by atoms with van der Waals surface area (Å²) in [6.45, 7) is 5.37. The number of carbonyl (C=O) groups excluding carboxylic acids is 1. The van der Waals surface area contributed by atoms with Gasteiger partial charge >= 0.3 is 0 Å². The maximum absolute atomic E-state index is 13.7. The molecule has 0 fully saturated rings. The summed E-state index contributed by atoms with van der Waals surface area (Å²) in [5, 5.41) is 0. The largest absolute Gasteiger partial charge is 0.489 e. The van der Waals surface area contributed by atoms with Gasteiger partial charge in [-0.3, -0.25) is 9.52 Å². The molecule has 2 aromatic rings. The van der Waals surface area contributed by atoms with E-state index in [1.165, 1.54) is 25.1 Å². The lowest BCUT2D eigenvalue weighted by Gasteiger charge is -2.29. The van der Waals surface area contributed by atoms with Crippen LogP contribution in [-0.4, -0.2) is 27.5 Å². The van der Waals surface area contributed by atoms with Gasteiger partial charge in [-0.1, -0.05) is 6.07 Å². The minimum atomic E-state index is -3.94. The van der Waals surface area contributed by atoms with Gasteiger partial charge in [0, 0.05) is 13.0 Å². The summed E-state index contributed by atoms with van der Waals surface area (Å²) in [5.74, 6) is -0.307. The Hall–Kier alpha value is -2.61. The number of nitrogens with zero attached hydrogens (tertiary/aromatic N) is 1. The molecule has 3 rings (SSSR count). The van der Waals surface area contributed by atoms with Crippen LogP contribution in [0, 0.1) is 19.7 Å². The lowest BCUT2D eigenvalue weighted by molar-refractivity contribution is -0.116. The van der Waals surface area contributed by atoms with Crippen molar-refractivity contribution in [1.82, 2.24) is 0 Å². The molecule has 1 heterocycles. The minimum Gasteiger partial charge on any atom is -0.489 e. The zero-order valence-corrected chi connectivity index (χ0v) is 15.5. The number of sulfonamides is 1. The number of halogens is 1. The fourth-order valence-corrected chi connectivity index (χ4v) is 4.12. The van der Waals surface area contributed by atoms with Crippen molar-refractivity contribution in [3.8, 4) is 5.75 Å². The summed E-state index contributed by atoms with van der Waals surface area (Å²) in [7, 11) is -3.94. The Kier molecular flexibility index (Phi) is 4.62. The molecule has 0 bridgehead atoms. The van der Waals surface area contributed by atoms with Gasteiger partial charge in [0.2, 0.25) is 5.91 Å². The third kappa shape index (κ3) is 3.37. The third-order valence-corrected chi connectivity index (χ3v) is 5.74. The summed E-state index contributed by atoms with van der Waals surface area (Å²) in [5.41, 5.74) is 1.56. The highest BCUT2D eigenvalue weighted by Crippen LogP contribution is 2.36. The molecule has 0 unspecified atom stereocenters. The van der Waals surface area contributed by atoms with E-state index in [-0.39, 0.29) is 23.1 Å². The van der Waals surface area contributed by atoms with E-state index >= 15 is 0 Å². The van der Waals surface area contributed by atoms with Gasteiger partial charge in [-0.05, 0) is 43.2 Å². The molecule has 2 aromatic carbocycles. The number of ether oxygens (including phenoxy) is 1. The Balaban J connectivity index is 2.00. The standard InChI is InChI=1S/C18H19FN2O4S/c1-11-4-5-14(9-15(11)19)20-26(23,24)18-10-17-16(8-12(18)2)21(13(3)22)6-7-25-17/h4-5,8-10,20H,6-7H2,1-3H3. The van der Waals surface area contributed by atoms with E-state index in [9.17, 15) is 17.6 Å². The van der Waals surface area contributed by atoms with Crippen LogP contribution < -0.4 is 14.4 Å². The molecule has 0 radical (unpaired) electrons. The maximum Gasteiger partial charge on any atom is 0.262 e. The smallest absolute Gasteiger partial charge is 0.262 e. The van der Waals surface area contributed by atoms with Crippen molar-refractivity contribution in [2.45, 2.75) is 25.7 Å². The Morgan fingerprint density at radius 1 is 1.19 bits per heavy atom. The number of rotatable bonds is 3. The quantitative estimate of drug-likeness (QED) is 0.891. The van der Waals surface area contributed by atoms with Crippen LogP contribution in [0.5, 0.6) is 5.75 Å². The van der Waals surface area contributed by atoms with E-state index in [1.807, 2.05) is 0 Å². The second-order valence-electron chi connectivity index (χ2n) is 6.17. The van der Waals surface area contributed by atoms with E-state index in [0.29, 0.717) is 29.1 Å². The number of carbonyl (C=O) groups is 1. The molecule has 0 aliphatic carbocycles. The first-order chi connectivity index (χ1) is 12.2. The first-order valence-corrected chi connectivity index (χ1v) is 9.52. The number of anilines is 2. The maximum atomic E-state index is 13.7. The summed E-state index contributed by atoms with van der Waals surface area (Å²) in [6.07, 6.45) is 0. The van der Waals surface area contributed by atoms with Crippen LogP contribution in [0.15, 0.2) is 35.2 Å². The predicted octanol–water partition coefficient (Wildman–Crippen LogP) is 2.99. The van der Waals surface area contributed by atoms with Crippen molar-refractivity contribution in [2.24, 2.45) is 0 Å². The molecule has 1 aliphatic heterocycles. The minimum absolute atomic E-state index is 0.0163. The van der Waals surface area contributed by atoms with Crippen LogP contribution in [0.4, 0.5) is 15.8 Å². The summed E-state index contributed by atoms with van der Waals surface area (Å²) >= 11 is 0. The Morgan fingerprint density at radius 3 is 2.58 bits per heavy atom. The molecule has 0 saturated carbocycles. The molecule has 26 heavy (non-hydrogen) atoms. The Morgan fingerprint density at radius 2 is 1.92 bits per heavy atom. The highest BCUT2D eigenvalue weighted by molar-refractivity contribution is 7.92. The van der Waals surface area contributed by atoms with Crippen molar-refractivity contribution >= 4 is 27.3 Å². The lowest BCUT2D eigenvalue weighted by atomic mass is 10.1. The third-order valence-electron chi connectivity index (χ3n) is 4.21. The van der Waals surface area contributed by atoms with Gasteiger partial charge in [-0.2, -0.15) is 0 Å². The molecule has 6 nitrogen and oxygen atoms in total. The van der Waals surface area contributed by atoms with Gasteiger partial charge in [0.15, 0.2) is 0 Å². The molecule has 8 heteroatoms. The van der Waals surface area contributed by atoms with E-state index in [0.717, 1.165) is 6.07 Å². The van der Waals surface area contributed by atoms with Crippen LogP contribution in [0.2, 0.25) is 0 Å². The van der Waals surface area contributed by atoms with Crippen molar-refractivity contribution in [2.75, 3.05) is 22.8 Å². The van der Waals surface area contributed by atoms with Crippen LogP contribution >= 0.6 is 0 Å². The van der Waals surface area contributed by atoms with Gasteiger partial charge in [-0.25, -0.2) is 12.8 Å². The molecule has 1 amide bonds. The Labute approximate surface area is 151 Å². The fraction of sp³-hybridized carbons (Fsp3) is 0.278. The van der Waals surface area contributed by atoms with Crippen LogP contribution in [-0.2, 0) is 14.8 Å². The number of hydrogen-bond donors (Lipinski definition) is 1. The fourth-order valence-electron chi connectivity index (χ4n) is 2.83. The van der Waals surface area contributed by atoms with Crippen molar-refractivity contribution in [3.63, 3.8) is 0 Å². The average Bonchev–Trinajstić information content (AvgIpc) is 2.56. The molecular formula is C18H19FN2O4S. The summed E-state index contributed by atoms with van der Waals surface area (Å²) < 4.78 is 47.1. The van der Waals surface area contributed by atoms with Crippen LogP contribution in [0.25, 0.3) is 0 Å². The number of aryl methyl sites for hydroxylation is 2. The lowest BCUT2D eigenvalue weighted by Crippen LogP contribution is -2.36. The second kappa shape index (κ2) is 6.60. The molecular weight excluding hydrogens is 359 g/mol. The SMILES string of the molecule is CC(=O)N1CCOc2cc(S(=O)(=O)Nc3ccc(C)c(F)c3)c(C)cc21. The van der Waals surface area contributed by atoms with Crippen molar-refractivity contribution < 1.29 is 22.3 Å². The van der Waals surface area contributed by atoms with Gasteiger partial charge in [0.25, 0.3) is 10.0 Å². The topological polar surface area (TPSA) is 75.7 Å². The van der Waals surface area contributed by atoms with Crippen molar-refractivity contribution in [3.05, 3.63) is 47.3 Å². The molecule has 0 aromatic heterocycles. The molecule has 138 valence electrons. The molecule has 0 saturated heterocycles. The summed E-state index contributed by atoms with van der Waals surface area (Å²) in [4.78, 5) is 13.3. The van der Waals surface area contributed by atoms with E-state index in [1.54, 1.807) is 24.8 Å². The van der Waals surface area contributed by atoms with Gasteiger partial charge < -0.3 is 9.64 Å². The zero-order chi connectivity index (χ0) is 19.1. The molecule has 0 spiro atoms. The first kappa shape index (κ1) is 18.2. The first-order valence-electron chi connectivity index (χ1n) is 8.03. The number of amides is 1. The molecule has 1 N–H and O–H groups in total. The van der Waals surface area contributed by atoms with Crippen LogP contribution in [0.1, 0.15) is 18.1 Å².